The van der Waals surface area contributed by atoms with Crippen molar-refractivity contribution in [2.75, 3.05) is 0 Å². The molecule has 1 aromatic carbocycles. The second-order valence-corrected chi connectivity index (χ2v) is 3.73. The Hall–Kier alpha value is -0.570. The van der Waals surface area contributed by atoms with Crippen molar-refractivity contribution in [3.05, 3.63) is 33.8 Å². The molecule has 1 unspecified atom stereocenters. The van der Waals surface area contributed by atoms with Gasteiger partial charge >= 0.3 is 0 Å². The minimum Gasteiger partial charge on any atom is -0.385 e. The molecule has 0 aliphatic heterocycles. The van der Waals surface area contributed by atoms with Crippen LogP contribution in [-0.4, -0.2) is 17.0 Å². The topological polar surface area (TPSA) is 37.3 Å². The summed E-state index contributed by atoms with van der Waals surface area (Å²) >= 11 is 11.4. The van der Waals surface area contributed by atoms with Crippen molar-refractivity contribution in [3.63, 3.8) is 0 Å². The number of hydrogen-bond donors (Lipinski definition) is 1. The van der Waals surface area contributed by atoms with Gasteiger partial charge in [0.2, 0.25) is 0 Å². The quantitative estimate of drug-likeness (QED) is 0.815. The van der Waals surface area contributed by atoms with Crippen molar-refractivity contribution in [3.8, 4) is 0 Å². The average Bonchev–Trinajstić information content (AvgIpc) is 2.20. The van der Waals surface area contributed by atoms with Crippen LogP contribution in [0.5, 0.6) is 0 Å². The predicted octanol–water partition coefficient (Wildman–Crippen LogP) is 2.95. The fourth-order valence-electron chi connectivity index (χ4n) is 1.03. The average molecular weight is 233 g/mol. The number of aliphatic hydroxyl groups excluding tert-OH is 1. The summed E-state index contributed by atoms with van der Waals surface area (Å²) in [5, 5.41) is 10.0. The number of halogens is 2. The Balaban J connectivity index is 2.97. The lowest BCUT2D eigenvalue weighted by Gasteiger charge is -2.07. The highest BCUT2D eigenvalue weighted by Gasteiger charge is 2.15. The number of hydrogen-bond acceptors (Lipinski definition) is 2. The SMILES string of the molecule is CCC(O)C(=O)c1ccc(Cl)c(Cl)c1. The van der Waals surface area contributed by atoms with Gasteiger partial charge in [0.15, 0.2) is 5.78 Å². The van der Waals surface area contributed by atoms with Gasteiger partial charge < -0.3 is 5.11 Å². The number of carbonyl (C=O) groups excluding carboxylic acids is 1. The Kier molecular flexibility index (Phi) is 3.93. The second kappa shape index (κ2) is 4.78. The molecular formula is C10H10Cl2O2. The standard InChI is InChI=1S/C10H10Cl2O2/c1-2-9(13)10(14)6-3-4-7(11)8(12)5-6/h3-5,9,13H,2H2,1H3. The van der Waals surface area contributed by atoms with E-state index < -0.39 is 6.10 Å². The molecule has 0 saturated carbocycles. The molecule has 14 heavy (non-hydrogen) atoms. The molecule has 0 saturated heterocycles. The zero-order chi connectivity index (χ0) is 10.7. The Labute approximate surface area is 92.5 Å². The largest absolute Gasteiger partial charge is 0.385 e. The lowest BCUT2D eigenvalue weighted by atomic mass is 10.1. The van der Waals surface area contributed by atoms with Crippen LogP contribution in [-0.2, 0) is 0 Å². The molecule has 0 amide bonds. The summed E-state index contributed by atoms with van der Waals surface area (Å²) in [6.45, 7) is 1.74. The molecule has 0 aromatic heterocycles. The molecular weight excluding hydrogens is 223 g/mol. The van der Waals surface area contributed by atoms with Crippen molar-refractivity contribution in [2.45, 2.75) is 19.4 Å². The molecule has 4 heteroatoms. The maximum atomic E-state index is 11.5. The Morgan fingerprint density at radius 2 is 2.07 bits per heavy atom. The smallest absolute Gasteiger partial charge is 0.191 e. The minimum absolute atomic E-state index is 0.320. The van der Waals surface area contributed by atoms with Crippen LogP contribution in [0, 0.1) is 0 Å². The van der Waals surface area contributed by atoms with E-state index >= 15 is 0 Å². The first-order chi connectivity index (χ1) is 6.56. The van der Waals surface area contributed by atoms with Crippen LogP contribution in [0.4, 0.5) is 0 Å². The van der Waals surface area contributed by atoms with E-state index in [4.69, 9.17) is 23.2 Å². The number of carbonyl (C=O) groups is 1. The van der Waals surface area contributed by atoms with Gasteiger partial charge in [-0.1, -0.05) is 30.1 Å². The van der Waals surface area contributed by atoms with E-state index in [1.165, 1.54) is 6.07 Å². The molecule has 0 fully saturated rings. The molecule has 0 radical (unpaired) electrons. The molecule has 1 aromatic rings. The highest BCUT2D eigenvalue weighted by Crippen LogP contribution is 2.23. The van der Waals surface area contributed by atoms with Crippen LogP contribution in [0.1, 0.15) is 23.7 Å². The number of aliphatic hydroxyl groups is 1. The fraction of sp³-hybridized carbons (Fsp3) is 0.300. The maximum Gasteiger partial charge on any atom is 0.191 e. The molecule has 0 bridgehead atoms. The Morgan fingerprint density at radius 1 is 1.43 bits per heavy atom. The highest BCUT2D eigenvalue weighted by molar-refractivity contribution is 6.42. The molecule has 76 valence electrons. The van der Waals surface area contributed by atoms with Crippen LogP contribution >= 0.6 is 23.2 Å². The number of ketones is 1. The van der Waals surface area contributed by atoms with Gasteiger partial charge in [-0.05, 0) is 24.6 Å². The predicted molar refractivity (Wildman–Crippen MR) is 57.1 cm³/mol. The number of benzene rings is 1. The van der Waals surface area contributed by atoms with Crippen LogP contribution in [0.15, 0.2) is 18.2 Å². The normalized spacial score (nSPS) is 12.6. The first kappa shape index (κ1) is 11.5. The summed E-state index contributed by atoms with van der Waals surface area (Å²) in [7, 11) is 0. The van der Waals surface area contributed by atoms with Gasteiger partial charge in [0, 0.05) is 5.56 Å². The Morgan fingerprint density at radius 3 is 2.57 bits per heavy atom. The van der Waals surface area contributed by atoms with E-state index in [0.717, 1.165) is 0 Å². The molecule has 1 atom stereocenters. The van der Waals surface area contributed by atoms with Crippen molar-refractivity contribution in [1.82, 2.24) is 0 Å². The van der Waals surface area contributed by atoms with Gasteiger partial charge in [0.05, 0.1) is 10.0 Å². The van der Waals surface area contributed by atoms with Crippen molar-refractivity contribution in [2.24, 2.45) is 0 Å². The third-order valence-corrected chi connectivity index (χ3v) is 2.63. The molecule has 0 aliphatic carbocycles. The first-order valence-corrected chi connectivity index (χ1v) is 4.99. The van der Waals surface area contributed by atoms with Crippen LogP contribution in [0.25, 0.3) is 0 Å². The fourth-order valence-corrected chi connectivity index (χ4v) is 1.33. The summed E-state index contributed by atoms with van der Waals surface area (Å²) in [4.78, 5) is 11.5. The summed E-state index contributed by atoms with van der Waals surface area (Å²) in [6, 6.07) is 4.56. The van der Waals surface area contributed by atoms with Crippen LogP contribution in [0.3, 0.4) is 0 Å². The minimum atomic E-state index is -0.966. The zero-order valence-corrected chi connectivity index (χ0v) is 9.14. The van der Waals surface area contributed by atoms with Gasteiger partial charge in [-0.2, -0.15) is 0 Å². The van der Waals surface area contributed by atoms with E-state index in [1.54, 1.807) is 19.1 Å². The summed E-state index contributed by atoms with van der Waals surface area (Å²) < 4.78 is 0. The van der Waals surface area contributed by atoms with E-state index in [1.807, 2.05) is 0 Å². The summed E-state index contributed by atoms with van der Waals surface area (Å²) in [6.07, 6.45) is -0.578. The van der Waals surface area contributed by atoms with Crippen molar-refractivity contribution < 1.29 is 9.90 Å². The number of Topliss-reactive ketones (excluding diaryl/α,β-unsaturated/α-hetero) is 1. The third kappa shape index (κ3) is 2.47. The summed E-state index contributed by atoms with van der Waals surface area (Å²) in [5.74, 6) is -0.328. The first-order valence-electron chi connectivity index (χ1n) is 4.23. The molecule has 0 heterocycles. The van der Waals surface area contributed by atoms with Crippen molar-refractivity contribution >= 4 is 29.0 Å². The molecule has 0 aliphatic rings. The molecule has 1 rings (SSSR count). The van der Waals surface area contributed by atoms with Gasteiger partial charge in [-0.3, -0.25) is 4.79 Å². The van der Waals surface area contributed by atoms with Crippen LogP contribution in [0.2, 0.25) is 10.0 Å². The molecule has 0 spiro atoms. The highest BCUT2D eigenvalue weighted by atomic mass is 35.5. The van der Waals surface area contributed by atoms with Crippen molar-refractivity contribution in [1.29, 1.82) is 0 Å². The second-order valence-electron chi connectivity index (χ2n) is 2.92. The van der Waals surface area contributed by atoms with E-state index in [0.29, 0.717) is 22.0 Å². The monoisotopic (exact) mass is 232 g/mol. The van der Waals surface area contributed by atoms with E-state index in [2.05, 4.69) is 0 Å². The lowest BCUT2D eigenvalue weighted by molar-refractivity contribution is 0.0741. The Bertz CT molecular complexity index is 350. The maximum absolute atomic E-state index is 11.5. The van der Waals surface area contributed by atoms with Gasteiger partial charge in [-0.15, -0.1) is 0 Å². The van der Waals surface area contributed by atoms with Crippen LogP contribution < -0.4 is 0 Å². The van der Waals surface area contributed by atoms with Gasteiger partial charge in [-0.25, -0.2) is 0 Å². The number of rotatable bonds is 3. The lowest BCUT2D eigenvalue weighted by Crippen LogP contribution is -2.19. The third-order valence-electron chi connectivity index (χ3n) is 1.89. The van der Waals surface area contributed by atoms with Gasteiger partial charge in [0.1, 0.15) is 6.10 Å². The molecule has 1 N–H and O–H groups in total. The summed E-state index contributed by atoms with van der Waals surface area (Å²) in [5.41, 5.74) is 0.383. The van der Waals surface area contributed by atoms with E-state index in [-0.39, 0.29) is 5.78 Å². The molecule has 2 nitrogen and oxygen atoms in total. The van der Waals surface area contributed by atoms with Gasteiger partial charge in [0.25, 0.3) is 0 Å². The van der Waals surface area contributed by atoms with E-state index in [9.17, 15) is 9.90 Å². The zero-order valence-electron chi connectivity index (χ0n) is 7.63.